The first-order chi connectivity index (χ1) is 11.3. The van der Waals surface area contributed by atoms with Crippen LogP contribution in [-0.4, -0.2) is 26.9 Å². The first-order valence-corrected chi connectivity index (χ1v) is 8.34. The van der Waals surface area contributed by atoms with E-state index in [4.69, 9.17) is 0 Å². The standard InChI is InChI=1S/C18H20N4O/c23-18(22-16-5-4-12-2-1-3-15(12)16)14-10-20-17(21-11-14)13-6-8-19-9-7-13/h6-12,15-16H,1-5H2,(H,22,23)/t12-,15-,16-/m1/s1. The van der Waals surface area contributed by atoms with Gasteiger partial charge >= 0.3 is 0 Å². The van der Waals surface area contributed by atoms with Gasteiger partial charge in [0.15, 0.2) is 5.82 Å². The average molecular weight is 308 g/mol. The highest BCUT2D eigenvalue weighted by atomic mass is 16.1. The molecular weight excluding hydrogens is 288 g/mol. The maximum Gasteiger partial charge on any atom is 0.254 e. The van der Waals surface area contributed by atoms with E-state index in [9.17, 15) is 4.79 Å². The van der Waals surface area contributed by atoms with E-state index in [1.165, 1.54) is 25.7 Å². The van der Waals surface area contributed by atoms with Crippen molar-refractivity contribution in [2.45, 2.75) is 38.1 Å². The van der Waals surface area contributed by atoms with Crippen LogP contribution in [-0.2, 0) is 0 Å². The number of nitrogens with one attached hydrogen (secondary N) is 1. The van der Waals surface area contributed by atoms with E-state index in [2.05, 4.69) is 20.3 Å². The maximum absolute atomic E-state index is 12.4. The van der Waals surface area contributed by atoms with Crippen LogP contribution in [0.15, 0.2) is 36.9 Å². The van der Waals surface area contributed by atoms with Gasteiger partial charge in [-0.1, -0.05) is 12.8 Å². The minimum Gasteiger partial charge on any atom is -0.349 e. The molecule has 1 N–H and O–H groups in total. The Bertz CT molecular complexity index is 686. The molecule has 2 aliphatic carbocycles. The van der Waals surface area contributed by atoms with E-state index < -0.39 is 0 Å². The van der Waals surface area contributed by atoms with Crippen LogP contribution in [0, 0.1) is 11.8 Å². The second kappa shape index (κ2) is 6.07. The van der Waals surface area contributed by atoms with Crippen LogP contribution in [0.5, 0.6) is 0 Å². The smallest absolute Gasteiger partial charge is 0.254 e. The molecule has 2 aliphatic rings. The fourth-order valence-electron chi connectivity index (χ4n) is 4.09. The molecule has 118 valence electrons. The molecule has 0 bridgehead atoms. The van der Waals surface area contributed by atoms with Crippen LogP contribution in [0.1, 0.15) is 42.5 Å². The van der Waals surface area contributed by atoms with Crippen molar-refractivity contribution < 1.29 is 4.79 Å². The molecule has 0 aliphatic heterocycles. The van der Waals surface area contributed by atoms with Gasteiger partial charge in [-0.2, -0.15) is 0 Å². The Hall–Kier alpha value is -2.30. The first-order valence-electron chi connectivity index (χ1n) is 8.34. The molecule has 0 aromatic carbocycles. The Morgan fingerprint density at radius 2 is 1.83 bits per heavy atom. The molecule has 2 aromatic rings. The SMILES string of the molecule is O=C(N[C@@H]1CC[C@H]2CCC[C@H]21)c1cnc(-c2ccncc2)nc1. The lowest BCUT2D eigenvalue weighted by Crippen LogP contribution is -2.37. The molecule has 2 fully saturated rings. The molecule has 5 heteroatoms. The second-order valence-corrected chi connectivity index (χ2v) is 6.54. The summed E-state index contributed by atoms with van der Waals surface area (Å²) in [4.78, 5) is 25.0. The van der Waals surface area contributed by atoms with E-state index in [0.717, 1.165) is 17.9 Å². The van der Waals surface area contributed by atoms with E-state index in [-0.39, 0.29) is 5.91 Å². The third-order valence-electron chi connectivity index (χ3n) is 5.25. The van der Waals surface area contributed by atoms with Gasteiger partial charge in [0.05, 0.1) is 5.56 Å². The molecule has 1 amide bonds. The fourth-order valence-corrected chi connectivity index (χ4v) is 4.09. The van der Waals surface area contributed by atoms with Gasteiger partial charge in [0.25, 0.3) is 5.91 Å². The van der Waals surface area contributed by atoms with Crippen LogP contribution >= 0.6 is 0 Å². The van der Waals surface area contributed by atoms with Crippen molar-refractivity contribution in [2.24, 2.45) is 11.8 Å². The van der Waals surface area contributed by atoms with Gasteiger partial charge in [-0.25, -0.2) is 9.97 Å². The van der Waals surface area contributed by atoms with Crippen molar-refractivity contribution in [3.8, 4) is 11.4 Å². The molecule has 0 spiro atoms. The summed E-state index contributed by atoms with van der Waals surface area (Å²) in [7, 11) is 0. The monoisotopic (exact) mass is 308 g/mol. The molecule has 4 rings (SSSR count). The molecule has 2 heterocycles. The normalized spacial score (nSPS) is 26.0. The number of hydrogen-bond donors (Lipinski definition) is 1. The van der Waals surface area contributed by atoms with Gasteiger partial charge in [0.1, 0.15) is 0 Å². The third-order valence-corrected chi connectivity index (χ3v) is 5.25. The number of carbonyl (C=O) groups is 1. The van der Waals surface area contributed by atoms with Crippen molar-refractivity contribution in [3.63, 3.8) is 0 Å². The number of fused-ring (bicyclic) bond motifs is 1. The quantitative estimate of drug-likeness (QED) is 0.946. The summed E-state index contributed by atoms with van der Waals surface area (Å²) >= 11 is 0. The van der Waals surface area contributed by atoms with Crippen molar-refractivity contribution in [1.82, 2.24) is 20.3 Å². The lowest BCUT2D eigenvalue weighted by Gasteiger charge is -2.19. The lowest BCUT2D eigenvalue weighted by atomic mass is 9.97. The fraction of sp³-hybridized carbons (Fsp3) is 0.444. The van der Waals surface area contributed by atoms with Gasteiger partial charge in [0, 0.05) is 36.4 Å². The summed E-state index contributed by atoms with van der Waals surface area (Å²) in [5.41, 5.74) is 1.43. The van der Waals surface area contributed by atoms with Crippen LogP contribution in [0.3, 0.4) is 0 Å². The predicted molar refractivity (Wildman–Crippen MR) is 86.6 cm³/mol. The number of rotatable bonds is 3. The van der Waals surface area contributed by atoms with Crippen molar-refractivity contribution in [3.05, 3.63) is 42.5 Å². The second-order valence-electron chi connectivity index (χ2n) is 6.54. The molecule has 2 saturated carbocycles. The zero-order valence-electron chi connectivity index (χ0n) is 13.0. The minimum absolute atomic E-state index is 0.0520. The maximum atomic E-state index is 12.4. The summed E-state index contributed by atoms with van der Waals surface area (Å²) < 4.78 is 0. The zero-order valence-corrected chi connectivity index (χ0v) is 13.0. The molecule has 3 atom stereocenters. The van der Waals surface area contributed by atoms with Gasteiger partial charge in [0.2, 0.25) is 0 Å². The highest BCUT2D eigenvalue weighted by molar-refractivity contribution is 5.94. The number of aromatic nitrogens is 3. The summed E-state index contributed by atoms with van der Waals surface area (Å²) in [6.45, 7) is 0. The van der Waals surface area contributed by atoms with Gasteiger partial charge < -0.3 is 5.32 Å². The van der Waals surface area contributed by atoms with E-state index >= 15 is 0 Å². The molecular formula is C18H20N4O. The molecule has 0 radical (unpaired) electrons. The van der Waals surface area contributed by atoms with Crippen molar-refractivity contribution in [1.29, 1.82) is 0 Å². The Kier molecular flexibility index (Phi) is 3.77. The van der Waals surface area contributed by atoms with Gasteiger partial charge in [-0.15, -0.1) is 0 Å². The number of carbonyl (C=O) groups excluding carboxylic acids is 1. The number of nitrogens with zero attached hydrogens (tertiary/aromatic N) is 3. The summed E-state index contributed by atoms with van der Waals surface area (Å²) in [6.07, 6.45) is 12.9. The van der Waals surface area contributed by atoms with E-state index in [1.807, 2.05) is 12.1 Å². The van der Waals surface area contributed by atoms with E-state index in [0.29, 0.717) is 23.3 Å². The highest BCUT2D eigenvalue weighted by Crippen LogP contribution is 2.43. The van der Waals surface area contributed by atoms with Gasteiger partial charge in [-0.05, 0) is 43.2 Å². The van der Waals surface area contributed by atoms with E-state index in [1.54, 1.807) is 24.8 Å². The third kappa shape index (κ3) is 2.83. The van der Waals surface area contributed by atoms with Crippen LogP contribution in [0.25, 0.3) is 11.4 Å². The Morgan fingerprint density at radius 1 is 1.04 bits per heavy atom. The summed E-state index contributed by atoms with van der Waals surface area (Å²) in [5, 5.41) is 3.20. The first kappa shape index (κ1) is 14.3. The molecule has 5 nitrogen and oxygen atoms in total. The van der Waals surface area contributed by atoms with Crippen molar-refractivity contribution >= 4 is 5.91 Å². The number of pyridine rings is 1. The number of amides is 1. The minimum atomic E-state index is -0.0520. The molecule has 0 unspecified atom stereocenters. The topological polar surface area (TPSA) is 67.8 Å². The average Bonchev–Trinajstić information content (AvgIpc) is 3.21. The molecule has 2 aromatic heterocycles. The summed E-state index contributed by atoms with van der Waals surface area (Å²) in [6, 6.07) is 4.04. The Balaban J connectivity index is 1.45. The highest BCUT2D eigenvalue weighted by Gasteiger charge is 2.39. The largest absolute Gasteiger partial charge is 0.349 e. The number of hydrogen-bond acceptors (Lipinski definition) is 4. The van der Waals surface area contributed by atoms with Gasteiger partial charge in [-0.3, -0.25) is 9.78 Å². The zero-order chi connectivity index (χ0) is 15.6. The van der Waals surface area contributed by atoms with Crippen LogP contribution in [0.2, 0.25) is 0 Å². The Labute approximate surface area is 135 Å². The summed E-state index contributed by atoms with van der Waals surface area (Å²) in [5.74, 6) is 2.06. The molecule has 0 saturated heterocycles. The van der Waals surface area contributed by atoms with Crippen LogP contribution < -0.4 is 5.32 Å². The predicted octanol–water partition coefficient (Wildman–Crippen LogP) is 2.85. The molecule has 23 heavy (non-hydrogen) atoms. The Morgan fingerprint density at radius 3 is 2.61 bits per heavy atom. The van der Waals surface area contributed by atoms with Crippen molar-refractivity contribution in [2.75, 3.05) is 0 Å². The lowest BCUT2D eigenvalue weighted by molar-refractivity contribution is 0.0925. The van der Waals surface area contributed by atoms with Crippen LogP contribution in [0.4, 0.5) is 0 Å².